The summed E-state index contributed by atoms with van der Waals surface area (Å²) in [4.78, 5) is 27.4. The van der Waals surface area contributed by atoms with Crippen LogP contribution in [0.5, 0.6) is 0 Å². The third-order valence-electron chi connectivity index (χ3n) is 5.15. The second kappa shape index (κ2) is 8.17. The summed E-state index contributed by atoms with van der Waals surface area (Å²) in [7, 11) is 0. The van der Waals surface area contributed by atoms with Crippen molar-refractivity contribution >= 4 is 11.6 Å². The molecular weight excluding hydrogens is 350 g/mol. The molecule has 0 aliphatic carbocycles. The number of nitrogens with one attached hydrogen (secondary N) is 1. The second-order valence-electron chi connectivity index (χ2n) is 7.13. The van der Waals surface area contributed by atoms with Crippen molar-refractivity contribution in [3.05, 3.63) is 72.3 Å². The molecule has 2 aromatic heterocycles. The van der Waals surface area contributed by atoms with Crippen molar-refractivity contribution < 1.29 is 4.79 Å². The lowest BCUT2D eigenvalue weighted by molar-refractivity contribution is 0.0947. The number of hydrogen-bond donors (Lipinski definition) is 1. The summed E-state index contributed by atoms with van der Waals surface area (Å²) >= 11 is 0. The van der Waals surface area contributed by atoms with Crippen LogP contribution in [-0.2, 0) is 0 Å². The van der Waals surface area contributed by atoms with Gasteiger partial charge >= 0.3 is 0 Å². The fourth-order valence-corrected chi connectivity index (χ4v) is 3.57. The van der Waals surface area contributed by atoms with E-state index in [1.807, 2.05) is 12.1 Å². The largest absolute Gasteiger partial charge is 0.371 e. The maximum atomic E-state index is 12.4. The number of anilines is 1. The van der Waals surface area contributed by atoms with Crippen LogP contribution in [0, 0.1) is 12.8 Å². The van der Waals surface area contributed by atoms with E-state index >= 15 is 0 Å². The Morgan fingerprint density at radius 3 is 2.64 bits per heavy atom. The summed E-state index contributed by atoms with van der Waals surface area (Å²) in [5.41, 5.74) is 3.94. The molecule has 6 heteroatoms. The second-order valence-corrected chi connectivity index (χ2v) is 7.13. The van der Waals surface area contributed by atoms with Crippen LogP contribution in [0.1, 0.15) is 22.3 Å². The van der Waals surface area contributed by atoms with E-state index in [1.165, 1.54) is 11.3 Å². The van der Waals surface area contributed by atoms with Crippen LogP contribution < -0.4 is 10.2 Å². The number of pyridine rings is 1. The Bertz CT molecular complexity index is 943. The maximum absolute atomic E-state index is 12.4. The third kappa shape index (κ3) is 4.01. The van der Waals surface area contributed by atoms with Crippen molar-refractivity contribution in [2.75, 3.05) is 24.5 Å². The highest BCUT2D eigenvalue weighted by Crippen LogP contribution is 2.26. The molecule has 3 heterocycles. The van der Waals surface area contributed by atoms with Gasteiger partial charge in [-0.05, 0) is 43.0 Å². The minimum Gasteiger partial charge on any atom is -0.371 e. The summed E-state index contributed by atoms with van der Waals surface area (Å²) in [6, 6.07) is 12.1. The fraction of sp³-hybridized carbons (Fsp3) is 0.273. The zero-order valence-electron chi connectivity index (χ0n) is 15.9. The lowest BCUT2D eigenvalue weighted by Crippen LogP contribution is -2.31. The minimum absolute atomic E-state index is 0.129. The van der Waals surface area contributed by atoms with Gasteiger partial charge in [0, 0.05) is 55.7 Å². The van der Waals surface area contributed by atoms with Crippen molar-refractivity contribution in [1.29, 1.82) is 0 Å². The number of carbonyl (C=O) groups is 1. The Balaban J connectivity index is 1.32. The Kier molecular flexibility index (Phi) is 5.28. The summed E-state index contributed by atoms with van der Waals surface area (Å²) in [5.74, 6) is 0.903. The SMILES string of the molecule is Cc1ccccc1N1CC[C@H](CNC(=O)c2cnc(-c3ccncc3)nc2)C1. The Morgan fingerprint density at radius 1 is 1.14 bits per heavy atom. The number of carbonyl (C=O) groups excluding carboxylic acids is 1. The van der Waals surface area contributed by atoms with Gasteiger partial charge in [0.25, 0.3) is 5.91 Å². The predicted molar refractivity (Wildman–Crippen MR) is 109 cm³/mol. The van der Waals surface area contributed by atoms with E-state index in [0.29, 0.717) is 23.9 Å². The van der Waals surface area contributed by atoms with Crippen LogP contribution >= 0.6 is 0 Å². The van der Waals surface area contributed by atoms with Gasteiger partial charge in [-0.25, -0.2) is 9.97 Å². The van der Waals surface area contributed by atoms with Gasteiger partial charge in [-0.15, -0.1) is 0 Å². The average molecular weight is 373 g/mol. The molecule has 0 bridgehead atoms. The molecule has 1 aliphatic heterocycles. The summed E-state index contributed by atoms with van der Waals surface area (Å²) < 4.78 is 0. The van der Waals surface area contributed by atoms with Gasteiger partial charge in [0.05, 0.1) is 5.56 Å². The molecule has 0 radical (unpaired) electrons. The molecule has 1 aromatic carbocycles. The first-order valence-corrected chi connectivity index (χ1v) is 9.52. The highest BCUT2D eigenvalue weighted by molar-refractivity contribution is 5.93. The van der Waals surface area contributed by atoms with Crippen molar-refractivity contribution in [3.8, 4) is 11.4 Å². The molecule has 28 heavy (non-hydrogen) atoms. The third-order valence-corrected chi connectivity index (χ3v) is 5.15. The standard InChI is InChI=1S/C22H23N5O/c1-16-4-2-3-5-20(16)27-11-8-17(15-27)12-26-22(28)19-13-24-21(25-14-19)18-6-9-23-10-7-18/h2-7,9-10,13-14,17H,8,11-12,15H2,1H3,(H,26,28)/t17-/m1/s1. The molecule has 1 atom stereocenters. The summed E-state index contributed by atoms with van der Waals surface area (Å²) in [6.45, 7) is 4.78. The molecule has 4 rings (SSSR count). The zero-order valence-corrected chi connectivity index (χ0v) is 15.9. The maximum Gasteiger partial charge on any atom is 0.254 e. The number of nitrogens with zero attached hydrogens (tertiary/aromatic N) is 4. The lowest BCUT2D eigenvalue weighted by atomic mass is 10.1. The van der Waals surface area contributed by atoms with Gasteiger partial charge in [0.2, 0.25) is 0 Å². The van der Waals surface area contributed by atoms with Gasteiger partial charge in [-0.2, -0.15) is 0 Å². The molecule has 0 unspecified atom stereocenters. The van der Waals surface area contributed by atoms with Gasteiger partial charge in [0.1, 0.15) is 0 Å². The number of amides is 1. The number of benzene rings is 1. The number of rotatable bonds is 5. The van der Waals surface area contributed by atoms with E-state index in [4.69, 9.17) is 0 Å². The van der Waals surface area contributed by atoms with Gasteiger partial charge in [-0.3, -0.25) is 9.78 Å². The van der Waals surface area contributed by atoms with E-state index in [2.05, 4.69) is 56.4 Å². The van der Waals surface area contributed by atoms with Crippen LogP contribution in [0.3, 0.4) is 0 Å². The zero-order chi connectivity index (χ0) is 19.3. The Morgan fingerprint density at radius 2 is 1.89 bits per heavy atom. The van der Waals surface area contributed by atoms with Gasteiger partial charge < -0.3 is 10.2 Å². The van der Waals surface area contributed by atoms with Crippen molar-refractivity contribution in [1.82, 2.24) is 20.3 Å². The topological polar surface area (TPSA) is 71.0 Å². The lowest BCUT2D eigenvalue weighted by Gasteiger charge is -2.21. The predicted octanol–water partition coefficient (Wildman–Crippen LogP) is 3.10. The fourth-order valence-electron chi connectivity index (χ4n) is 3.57. The molecule has 3 aromatic rings. The van der Waals surface area contributed by atoms with Crippen LogP contribution in [0.2, 0.25) is 0 Å². The molecule has 142 valence electrons. The number of para-hydroxylation sites is 1. The number of aryl methyl sites for hydroxylation is 1. The van der Waals surface area contributed by atoms with Crippen LogP contribution in [0.4, 0.5) is 5.69 Å². The summed E-state index contributed by atoms with van der Waals surface area (Å²) in [6.07, 6.45) is 7.62. The van der Waals surface area contributed by atoms with Crippen molar-refractivity contribution in [3.63, 3.8) is 0 Å². The molecular formula is C22H23N5O. The van der Waals surface area contributed by atoms with Crippen molar-refractivity contribution in [2.45, 2.75) is 13.3 Å². The first-order valence-electron chi connectivity index (χ1n) is 9.52. The quantitative estimate of drug-likeness (QED) is 0.744. The van der Waals surface area contributed by atoms with Crippen molar-refractivity contribution in [2.24, 2.45) is 5.92 Å². The van der Waals surface area contributed by atoms with Crippen LogP contribution in [0.15, 0.2) is 61.2 Å². The highest BCUT2D eigenvalue weighted by Gasteiger charge is 2.24. The van der Waals surface area contributed by atoms with Crippen LogP contribution in [0.25, 0.3) is 11.4 Å². The van der Waals surface area contributed by atoms with E-state index in [9.17, 15) is 4.79 Å². The smallest absolute Gasteiger partial charge is 0.254 e. The molecule has 1 saturated heterocycles. The normalized spacial score (nSPS) is 16.2. The van der Waals surface area contributed by atoms with E-state index in [0.717, 1.165) is 25.1 Å². The van der Waals surface area contributed by atoms with Gasteiger partial charge in [0.15, 0.2) is 5.82 Å². The minimum atomic E-state index is -0.129. The molecule has 1 N–H and O–H groups in total. The molecule has 0 spiro atoms. The van der Waals surface area contributed by atoms with E-state index in [1.54, 1.807) is 24.8 Å². The molecule has 1 fully saturated rings. The van der Waals surface area contributed by atoms with Crippen LogP contribution in [-0.4, -0.2) is 40.5 Å². The Labute approximate surface area is 164 Å². The molecule has 6 nitrogen and oxygen atoms in total. The molecule has 1 aliphatic rings. The van der Waals surface area contributed by atoms with E-state index < -0.39 is 0 Å². The number of hydrogen-bond acceptors (Lipinski definition) is 5. The van der Waals surface area contributed by atoms with Gasteiger partial charge in [-0.1, -0.05) is 18.2 Å². The molecule has 1 amide bonds. The highest BCUT2D eigenvalue weighted by atomic mass is 16.1. The van der Waals surface area contributed by atoms with E-state index in [-0.39, 0.29) is 5.91 Å². The summed E-state index contributed by atoms with van der Waals surface area (Å²) in [5, 5.41) is 3.03. The number of aromatic nitrogens is 3. The first kappa shape index (κ1) is 18.1. The first-order chi connectivity index (χ1) is 13.7. The average Bonchev–Trinajstić information content (AvgIpc) is 3.22. The molecule has 0 saturated carbocycles. The Hall–Kier alpha value is -3.28. The monoisotopic (exact) mass is 373 g/mol.